The molecule has 1 unspecified atom stereocenters. The van der Waals surface area contributed by atoms with Gasteiger partial charge >= 0.3 is 6.09 Å². The number of piperazine rings is 1. The number of hydrogen-bond acceptors (Lipinski definition) is 7. The number of carbonyl (C=O) groups excluding carboxylic acids is 3. The van der Waals surface area contributed by atoms with Crippen molar-refractivity contribution in [2.75, 3.05) is 51.9 Å². The average Bonchev–Trinajstić information content (AvgIpc) is 3.01. The molecule has 0 aliphatic carbocycles. The van der Waals surface area contributed by atoms with Crippen molar-refractivity contribution in [3.8, 4) is 11.5 Å². The summed E-state index contributed by atoms with van der Waals surface area (Å²) in [5, 5.41) is 0. The van der Waals surface area contributed by atoms with Gasteiger partial charge in [-0.1, -0.05) is 0 Å². The van der Waals surface area contributed by atoms with Crippen molar-refractivity contribution in [3.63, 3.8) is 0 Å². The summed E-state index contributed by atoms with van der Waals surface area (Å²) in [5.74, 6) is 0.383. The van der Waals surface area contributed by atoms with Crippen LogP contribution >= 0.6 is 0 Å². The van der Waals surface area contributed by atoms with E-state index in [4.69, 9.17) is 14.2 Å². The third kappa shape index (κ3) is 3.75. The number of carbonyl (C=O) groups is 3. The molecule has 2 aliphatic rings. The van der Waals surface area contributed by atoms with Gasteiger partial charge in [-0.15, -0.1) is 0 Å². The summed E-state index contributed by atoms with van der Waals surface area (Å²) in [6, 6.07) is 4.45. The van der Waals surface area contributed by atoms with Gasteiger partial charge in [0.05, 0.1) is 39.0 Å². The number of amides is 3. The minimum absolute atomic E-state index is 0.0958. The largest absolute Gasteiger partial charge is 0.497 e. The normalized spacial score (nSPS) is 20.5. The number of anilines is 1. The minimum atomic E-state index is -0.548. The highest BCUT2D eigenvalue weighted by molar-refractivity contribution is 6.23. The Kier molecular flexibility index (Phi) is 6.03. The van der Waals surface area contributed by atoms with Crippen molar-refractivity contribution in [3.05, 3.63) is 18.2 Å². The Balaban J connectivity index is 1.74. The Labute approximate surface area is 163 Å². The van der Waals surface area contributed by atoms with Crippen LogP contribution in [-0.2, 0) is 14.3 Å². The molecule has 0 N–H and O–H groups in total. The van der Waals surface area contributed by atoms with Crippen LogP contribution in [0.1, 0.15) is 13.3 Å². The van der Waals surface area contributed by atoms with Crippen molar-refractivity contribution in [1.82, 2.24) is 9.80 Å². The molecule has 2 heterocycles. The van der Waals surface area contributed by atoms with Gasteiger partial charge in [0.25, 0.3) is 5.91 Å². The SMILES string of the molecule is CCOC(=O)N1CCN(C2CC(=O)N(c3cc(OC)ccc3OC)C2=O)CC1. The van der Waals surface area contributed by atoms with Crippen LogP contribution in [0.2, 0.25) is 0 Å². The van der Waals surface area contributed by atoms with Gasteiger partial charge in [-0.05, 0) is 19.1 Å². The molecule has 1 aromatic carbocycles. The molecule has 0 bridgehead atoms. The van der Waals surface area contributed by atoms with E-state index in [-0.39, 0.29) is 24.3 Å². The summed E-state index contributed by atoms with van der Waals surface area (Å²) in [5.41, 5.74) is 0.379. The first-order valence-corrected chi connectivity index (χ1v) is 9.24. The number of ether oxygens (including phenoxy) is 3. The summed E-state index contributed by atoms with van der Waals surface area (Å²) in [7, 11) is 3.01. The molecule has 2 aliphatic heterocycles. The first-order chi connectivity index (χ1) is 13.5. The van der Waals surface area contributed by atoms with Crippen LogP contribution in [0, 0.1) is 0 Å². The third-order valence-corrected chi connectivity index (χ3v) is 5.03. The highest BCUT2D eigenvalue weighted by Crippen LogP contribution is 2.36. The second kappa shape index (κ2) is 8.47. The van der Waals surface area contributed by atoms with Gasteiger partial charge in [-0.2, -0.15) is 0 Å². The Morgan fingerprint density at radius 2 is 1.82 bits per heavy atom. The van der Waals surface area contributed by atoms with Gasteiger partial charge in [0.2, 0.25) is 5.91 Å². The van der Waals surface area contributed by atoms with Crippen molar-refractivity contribution in [2.24, 2.45) is 0 Å². The lowest BCUT2D eigenvalue weighted by Gasteiger charge is -2.36. The summed E-state index contributed by atoms with van der Waals surface area (Å²) in [4.78, 5) is 42.3. The average molecular weight is 391 g/mol. The molecule has 28 heavy (non-hydrogen) atoms. The van der Waals surface area contributed by atoms with Gasteiger partial charge in [-0.3, -0.25) is 14.5 Å². The van der Waals surface area contributed by atoms with Crippen molar-refractivity contribution in [2.45, 2.75) is 19.4 Å². The van der Waals surface area contributed by atoms with Crippen LogP contribution in [0.15, 0.2) is 18.2 Å². The fraction of sp³-hybridized carbons (Fsp3) is 0.526. The molecule has 9 heteroatoms. The fourth-order valence-corrected chi connectivity index (χ4v) is 3.56. The Bertz CT molecular complexity index is 760. The molecule has 3 rings (SSSR count). The molecule has 152 valence electrons. The van der Waals surface area contributed by atoms with Gasteiger partial charge in [0.15, 0.2) is 0 Å². The Hall–Kier alpha value is -2.81. The summed E-state index contributed by atoms with van der Waals surface area (Å²) >= 11 is 0. The van der Waals surface area contributed by atoms with Crippen LogP contribution in [0.3, 0.4) is 0 Å². The smallest absolute Gasteiger partial charge is 0.409 e. The molecule has 2 saturated heterocycles. The first kappa shape index (κ1) is 19.9. The van der Waals surface area contributed by atoms with E-state index in [9.17, 15) is 14.4 Å². The van der Waals surface area contributed by atoms with Crippen LogP contribution < -0.4 is 14.4 Å². The molecule has 1 atom stereocenters. The standard InChI is InChI=1S/C19H25N3O6/c1-4-28-19(25)21-9-7-20(8-10-21)15-12-17(23)22(18(15)24)14-11-13(26-2)5-6-16(14)27-3/h5-6,11,15H,4,7-10,12H2,1-3H3. The zero-order valence-electron chi connectivity index (χ0n) is 16.3. The van der Waals surface area contributed by atoms with Crippen LogP contribution in [0.4, 0.5) is 10.5 Å². The lowest BCUT2D eigenvalue weighted by molar-refractivity contribution is -0.123. The zero-order valence-corrected chi connectivity index (χ0v) is 16.3. The number of methoxy groups -OCH3 is 2. The van der Waals surface area contributed by atoms with E-state index < -0.39 is 6.04 Å². The highest BCUT2D eigenvalue weighted by atomic mass is 16.6. The molecule has 0 aromatic heterocycles. The number of rotatable bonds is 5. The molecule has 0 saturated carbocycles. The number of nitrogens with zero attached hydrogens (tertiary/aromatic N) is 3. The van der Waals surface area contributed by atoms with E-state index in [2.05, 4.69) is 0 Å². The van der Waals surface area contributed by atoms with E-state index in [0.29, 0.717) is 50.0 Å². The summed E-state index contributed by atoms with van der Waals surface area (Å²) in [6.07, 6.45) is -0.253. The summed E-state index contributed by atoms with van der Waals surface area (Å²) in [6.45, 7) is 4.01. The summed E-state index contributed by atoms with van der Waals surface area (Å²) < 4.78 is 15.6. The molecular formula is C19H25N3O6. The molecule has 1 aromatic rings. The first-order valence-electron chi connectivity index (χ1n) is 9.24. The molecule has 0 spiro atoms. The van der Waals surface area contributed by atoms with E-state index >= 15 is 0 Å². The topological polar surface area (TPSA) is 88.6 Å². The van der Waals surface area contributed by atoms with Gasteiger partial charge in [0, 0.05) is 32.2 Å². The van der Waals surface area contributed by atoms with E-state index in [1.807, 2.05) is 4.90 Å². The number of imide groups is 1. The quantitative estimate of drug-likeness (QED) is 0.695. The maximum atomic E-state index is 13.1. The van der Waals surface area contributed by atoms with Crippen molar-refractivity contribution in [1.29, 1.82) is 0 Å². The Morgan fingerprint density at radius 3 is 2.43 bits per heavy atom. The lowest BCUT2D eigenvalue weighted by Crippen LogP contribution is -2.54. The molecule has 0 radical (unpaired) electrons. The van der Waals surface area contributed by atoms with Crippen LogP contribution in [0.5, 0.6) is 11.5 Å². The van der Waals surface area contributed by atoms with Gasteiger partial charge in [0.1, 0.15) is 11.5 Å². The van der Waals surface area contributed by atoms with Gasteiger partial charge in [-0.25, -0.2) is 9.69 Å². The number of benzene rings is 1. The monoisotopic (exact) mass is 391 g/mol. The lowest BCUT2D eigenvalue weighted by atomic mass is 10.2. The Morgan fingerprint density at radius 1 is 1.11 bits per heavy atom. The maximum absolute atomic E-state index is 13.1. The highest BCUT2D eigenvalue weighted by Gasteiger charge is 2.44. The third-order valence-electron chi connectivity index (χ3n) is 5.03. The fourth-order valence-electron chi connectivity index (χ4n) is 3.56. The predicted molar refractivity (Wildman–Crippen MR) is 101 cm³/mol. The molecule has 3 amide bonds. The van der Waals surface area contributed by atoms with Crippen molar-refractivity contribution >= 4 is 23.6 Å². The second-order valence-electron chi connectivity index (χ2n) is 6.55. The van der Waals surface area contributed by atoms with E-state index in [0.717, 1.165) is 0 Å². The predicted octanol–water partition coefficient (Wildman–Crippen LogP) is 1.11. The van der Waals surface area contributed by atoms with Gasteiger partial charge < -0.3 is 19.1 Å². The second-order valence-corrected chi connectivity index (χ2v) is 6.55. The van der Waals surface area contributed by atoms with Crippen LogP contribution in [-0.4, -0.2) is 80.8 Å². The van der Waals surface area contributed by atoms with Crippen molar-refractivity contribution < 1.29 is 28.6 Å². The van der Waals surface area contributed by atoms with Crippen LogP contribution in [0.25, 0.3) is 0 Å². The maximum Gasteiger partial charge on any atom is 0.409 e. The zero-order chi connectivity index (χ0) is 20.3. The number of hydrogen-bond donors (Lipinski definition) is 0. The molecule has 2 fully saturated rings. The van der Waals surface area contributed by atoms with E-state index in [1.54, 1.807) is 30.0 Å². The van der Waals surface area contributed by atoms with E-state index in [1.165, 1.54) is 19.1 Å². The molecular weight excluding hydrogens is 366 g/mol. The molecule has 9 nitrogen and oxygen atoms in total. The minimum Gasteiger partial charge on any atom is -0.497 e.